The molecule has 1 aliphatic rings. The predicted octanol–water partition coefficient (Wildman–Crippen LogP) is -3.26. The number of rotatable bonds is 29. The number of amides is 12. The Bertz CT molecular complexity index is 4220. The first kappa shape index (κ1) is 90.2. The highest BCUT2D eigenvalue weighted by atomic mass is 19.1. The van der Waals surface area contributed by atoms with Crippen LogP contribution in [0.25, 0.3) is 21.7 Å². The minimum absolute atomic E-state index is 0.0129. The van der Waals surface area contributed by atoms with Crippen molar-refractivity contribution in [3.63, 3.8) is 0 Å². The van der Waals surface area contributed by atoms with Crippen molar-refractivity contribution in [3.05, 3.63) is 120 Å². The monoisotopic (exact) mass is 1590 g/mol. The van der Waals surface area contributed by atoms with Crippen LogP contribution in [0.4, 0.5) is 4.39 Å². The molecule has 0 radical (unpaired) electrons. The Morgan fingerprint density at radius 1 is 0.430 bits per heavy atom. The van der Waals surface area contributed by atoms with Crippen molar-refractivity contribution in [2.24, 2.45) is 28.7 Å². The minimum atomic E-state index is -1.89. The van der Waals surface area contributed by atoms with E-state index in [0.29, 0.717) is 34.0 Å². The number of guanidine groups is 4. The molecule has 1 fully saturated rings. The van der Waals surface area contributed by atoms with Gasteiger partial charge in [-0.1, -0.05) is 92.6 Å². The molecule has 0 spiro atoms. The van der Waals surface area contributed by atoms with Crippen LogP contribution in [0, 0.1) is 27.5 Å². The number of aliphatic hydroxyl groups excluding tert-OH is 1. The summed E-state index contributed by atoms with van der Waals surface area (Å²) in [6.07, 6.45) is -2.39. The molecule has 1 aromatic heterocycles. The fraction of sp³-hybridized carbons (Fsp3) is 0.467. The molecule has 12 atom stereocenters. The van der Waals surface area contributed by atoms with Crippen molar-refractivity contribution in [1.82, 2.24) is 84.7 Å². The maximum absolute atomic E-state index is 15.4. The fourth-order valence-electron chi connectivity index (χ4n) is 12.5. The van der Waals surface area contributed by atoms with Gasteiger partial charge in [-0.2, -0.15) is 0 Å². The number of hydrogen-bond acceptors (Lipinski definition) is 17. The molecule has 4 aromatic carbocycles. The number of benzene rings is 4. The van der Waals surface area contributed by atoms with Crippen LogP contribution in [0.1, 0.15) is 121 Å². The van der Waals surface area contributed by atoms with E-state index in [1.165, 1.54) is 19.1 Å². The number of nitrogens with two attached hydrogens (primary N) is 5. The van der Waals surface area contributed by atoms with Gasteiger partial charge in [0.15, 0.2) is 23.8 Å². The average molecular weight is 1590 g/mol. The Kier molecular flexibility index (Phi) is 36.1. The number of H-pyrrole nitrogens is 1. The van der Waals surface area contributed by atoms with Crippen molar-refractivity contribution in [1.29, 1.82) is 21.6 Å². The van der Waals surface area contributed by atoms with Gasteiger partial charge in [0.1, 0.15) is 72.3 Å². The Labute approximate surface area is 657 Å². The molecule has 5 aromatic rings. The van der Waals surface area contributed by atoms with Gasteiger partial charge in [-0.25, -0.2) is 4.39 Å². The number of aromatic amines is 1. The van der Waals surface area contributed by atoms with Gasteiger partial charge in [-0.15, -0.1) is 0 Å². The zero-order valence-corrected chi connectivity index (χ0v) is 63.9. The molecular weight excluding hydrogens is 1480 g/mol. The summed E-state index contributed by atoms with van der Waals surface area (Å²) >= 11 is 0. The molecule has 12 amide bonds. The molecule has 38 nitrogen and oxygen atoms in total. The van der Waals surface area contributed by atoms with E-state index in [-0.39, 0.29) is 110 Å². The smallest absolute Gasteiger partial charge is 0.245 e. The van der Waals surface area contributed by atoms with Gasteiger partial charge in [0.25, 0.3) is 0 Å². The second-order valence-electron chi connectivity index (χ2n) is 27.9. The van der Waals surface area contributed by atoms with Gasteiger partial charge in [0.2, 0.25) is 70.9 Å². The summed E-state index contributed by atoms with van der Waals surface area (Å²) in [5.41, 5.74) is 29.9. The molecule has 12 unspecified atom stereocenters. The lowest BCUT2D eigenvalue weighted by atomic mass is 9.99. The molecule has 2 heterocycles. The summed E-state index contributed by atoms with van der Waals surface area (Å²) in [5.74, 6) is -14.6. The number of primary amides is 1. The van der Waals surface area contributed by atoms with Crippen molar-refractivity contribution in [2.75, 3.05) is 26.2 Å². The van der Waals surface area contributed by atoms with Crippen molar-refractivity contribution in [2.45, 2.75) is 196 Å². The second kappa shape index (κ2) is 45.6. The second-order valence-corrected chi connectivity index (χ2v) is 27.9. The molecule has 0 aliphatic carbocycles. The van der Waals surface area contributed by atoms with E-state index in [2.05, 4.69) is 84.7 Å². The first-order valence-corrected chi connectivity index (χ1v) is 37.7. The standard InChI is InChI=1S/C75H108FN25O13/c1-4-5-17-50-62(105)97-55(29-30-59(77)103)67(110)100-58(38-46-39-90-49-18-9-8-16-48(46)49)70(113)101-60(41(3)102)71(114)91-40(2)61(104)92-51(19-10-31-86-72(78)79)63(106)93-52(20-11-32-87-73(80)81)64(107)94-53(21-12-33-88-74(82)83)65(108)99-57(37-43-23-26-44-14-6-7-15-45(44)35-43)69(112)96-54(22-13-34-89-75(84)85)66(109)98-56(68(111)95-50)36-42-24-27-47(76)28-25-42/h6-9,14-16,18,23-28,35,39-41,50-58,60,90,102H,4-5,10-13,17,19-22,29-34,36-38H2,1-3H3,(H2,77,103)(H,91,114)(H,92,104)(H,93,106)(H,94,107)(H,95,111)(H,96,112)(H,97,105)(H,98,109)(H,99,108)(H,100,110)(H,101,113)(H4,78,79,86)(H4,80,81,87)(H4,82,83,88)(H4,84,85,89). The zero-order chi connectivity index (χ0) is 83.6. The third kappa shape index (κ3) is 30.2. The van der Waals surface area contributed by atoms with Crippen LogP contribution in [0.3, 0.4) is 0 Å². The van der Waals surface area contributed by atoms with Crippen molar-refractivity contribution in [3.8, 4) is 0 Å². The number of fused-ring (bicyclic) bond motifs is 2. The summed E-state index contributed by atoms with van der Waals surface area (Å²) in [4.78, 5) is 180. The first-order valence-electron chi connectivity index (χ1n) is 37.7. The van der Waals surface area contributed by atoms with Gasteiger partial charge in [0, 0.05) is 69.0 Å². The molecule has 618 valence electrons. The fourth-order valence-corrected chi connectivity index (χ4v) is 12.5. The number of halogens is 1. The quantitative estimate of drug-likeness (QED) is 0.0127. The largest absolute Gasteiger partial charge is 0.391 e. The number of carbonyl (C=O) groups excluding carboxylic acids is 12. The Balaban J connectivity index is 1.53. The number of aliphatic hydroxyl groups is 1. The zero-order valence-electron chi connectivity index (χ0n) is 63.9. The number of carbonyl (C=O) groups is 12. The predicted molar refractivity (Wildman–Crippen MR) is 423 cm³/mol. The van der Waals surface area contributed by atoms with Crippen LogP contribution in [0.5, 0.6) is 0 Å². The average Bonchev–Trinajstić information content (AvgIpc) is 1.59. The number of hydrogen-bond donors (Lipinski definition) is 26. The van der Waals surface area contributed by atoms with Gasteiger partial charge in [0.05, 0.1) is 6.10 Å². The summed E-state index contributed by atoms with van der Waals surface area (Å²) in [7, 11) is 0. The molecule has 0 bridgehead atoms. The third-order valence-corrected chi connectivity index (χ3v) is 18.7. The third-order valence-electron chi connectivity index (χ3n) is 18.7. The summed E-state index contributed by atoms with van der Waals surface area (Å²) < 4.78 is 14.6. The minimum Gasteiger partial charge on any atom is -0.391 e. The van der Waals surface area contributed by atoms with Crippen molar-refractivity contribution < 1.29 is 67.0 Å². The van der Waals surface area contributed by atoms with Crippen LogP contribution in [0.15, 0.2) is 97.2 Å². The molecule has 0 saturated carbocycles. The van der Waals surface area contributed by atoms with Crippen LogP contribution < -0.4 is 108 Å². The SMILES string of the molecule is CCCCC1NC(=O)C(Cc2ccc(F)cc2)NC(=O)C(CCCNC(=N)N)NC(=O)C(Cc2ccc3ccccc3c2)NC(=O)C(CCCNC(=N)N)NC(=O)C(CCCNC(=N)N)NC(=O)C(CCCNC(=N)N)NC(=O)C(C)NC(=O)C(C(C)O)NC(=O)C(Cc2c[nH]c3ccccc23)NC(=O)C(CCC(N)=O)NC1=O. The lowest BCUT2D eigenvalue weighted by Crippen LogP contribution is -2.62. The summed E-state index contributed by atoms with van der Waals surface area (Å²) in [5, 5.41) is 84.0. The van der Waals surface area contributed by atoms with Crippen LogP contribution >= 0.6 is 0 Å². The lowest BCUT2D eigenvalue weighted by molar-refractivity contribution is -0.137. The van der Waals surface area contributed by atoms with Gasteiger partial charge in [-0.3, -0.25) is 79.2 Å². The van der Waals surface area contributed by atoms with E-state index in [1.54, 1.807) is 61.7 Å². The van der Waals surface area contributed by atoms with E-state index in [4.69, 9.17) is 50.3 Å². The number of para-hydroxylation sites is 1. The Morgan fingerprint density at radius 3 is 1.22 bits per heavy atom. The van der Waals surface area contributed by atoms with Crippen LogP contribution in [0.2, 0.25) is 0 Å². The van der Waals surface area contributed by atoms with E-state index in [0.717, 1.165) is 29.8 Å². The van der Waals surface area contributed by atoms with Gasteiger partial charge in [-0.05, 0) is 124 Å². The first-order chi connectivity index (χ1) is 54.3. The highest BCUT2D eigenvalue weighted by Gasteiger charge is 2.38. The molecule has 114 heavy (non-hydrogen) atoms. The Morgan fingerprint density at radius 2 is 0.789 bits per heavy atom. The highest BCUT2D eigenvalue weighted by molar-refractivity contribution is 6.01. The van der Waals surface area contributed by atoms with E-state index >= 15 is 24.0 Å². The molecule has 31 N–H and O–H groups in total. The number of unbranched alkanes of at least 4 members (excludes halogenated alkanes) is 1. The van der Waals surface area contributed by atoms with Crippen LogP contribution in [-0.4, -0.2) is 204 Å². The normalized spacial score (nSPS) is 22.0. The van der Waals surface area contributed by atoms with Crippen LogP contribution in [-0.2, 0) is 76.8 Å². The molecule has 1 aliphatic heterocycles. The molecular formula is C75H108FN25O13. The maximum Gasteiger partial charge on any atom is 0.245 e. The van der Waals surface area contributed by atoms with Crippen molar-refractivity contribution >= 4 is 116 Å². The van der Waals surface area contributed by atoms with Gasteiger partial charge < -0.3 is 119 Å². The van der Waals surface area contributed by atoms with E-state index < -0.39 is 186 Å². The molecule has 1 saturated heterocycles. The lowest BCUT2D eigenvalue weighted by Gasteiger charge is -2.29. The topological polar surface area (TPSA) is 647 Å². The number of aromatic nitrogens is 1. The maximum atomic E-state index is 15.4. The van der Waals surface area contributed by atoms with E-state index in [9.17, 15) is 43.1 Å². The van der Waals surface area contributed by atoms with Gasteiger partial charge >= 0.3 is 0 Å². The number of nitrogens with one attached hydrogen (secondary N) is 20. The van der Waals surface area contributed by atoms with E-state index in [1.807, 2.05) is 18.2 Å². The summed E-state index contributed by atoms with van der Waals surface area (Å²) in [6, 6.07) is 6.35. The molecule has 39 heteroatoms. The molecule has 6 rings (SSSR count). The Hall–Kier alpha value is -12.7. The highest BCUT2D eigenvalue weighted by Crippen LogP contribution is 2.22. The summed E-state index contributed by atoms with van der Waals surface area (Å²) in [6.45, 7) is 4.08.